The van der Waals surface area contributed by atoms with Crippen LogP contribution in [0, 0.1) is 5.92 Å². The van der Waals surface area contributed by atoms with Gasteiger partial charge in [0.25, 0.3) is 5.91 Å². The highest BCUT2D eigenvalue weighted by Gasteiger charge is 2.33. The van der Waals surface area contributed by atoms with Gasteiger partial charge in [-0.2, -0.15) is 9.40 Å². The summed E-state index contributed by atoms with van der Waals surface area (Å²) in [6.45, 7) is 4.88. The van der Waals surface area contributed by atoms with E-state index in [1.165, 1.54) is 10.5 Å². The lowest BCUT2D eigenvalue weighted by Gasteiger charge is -2.30. The topological polar surface area (TPSA) is 114 Å². The molecular formula is C22H29N5O5S. The number of nitrogens with zero attached hydrogens (tertiary/aromatic N) is 4. The molecule has 2 aliphatic heterocycles. The fraction of sp³-hybridized carbons (Fsp3) is 0.500. The molecule has 11 heteroatoms. The van der Waals surface area contributed by atoms with Crippen molar-refractivity contribution in [1.29, 1.82) is 0 Å². The number of hydrogen-bond acceptors (Lipinski definition) is 6. The summed E-state index contributed by atoms with van der Waals surface area (Å²) in [6.07, 6.45) is 2.32. The highest BCUT2D eigenvalue weighted by atomic mass is 32.2. The summed E-state index contributed by atoms with van der Waals surface area (Å²) in [6, 6.07) is 8.31. The van der Waals surface area contributed by atoms with Crippen molar-refractivity contribution in [2.45, 2.75) is 31.2 Å². The van der Waals surface area contributed by atoms with Crippen LogP contribution in [0.4, 0.5) is 5.69 Å². The van der Waals surface area contributed by atoms with Gasteiger partial charge < -0.3 is 15.0 Å². The van der Waals surface area contributed by atoms with E-state index in [-0.39, 0.29) is 35.7 Å². The van der Waals surface area contributed by atoms with Crippen LogP contribution in [0.1, 0.15) is 30.3 Å². The molecule has 178 valence electrons. The van der Waals surface area contributed by atoms with Gasteiger partial charge in [-0.25, -0.2) is 8.42 Å². The Balaban J connectivity index is 1.41. The number of rotatable bonds is 6. The van der Waals surface area contributed by atoms with Crippen molar-refractivity contribution in [3.63, 3.8) is 0 Å². The number of morpholine rings is 1. The maximum atomic E-state index is 13.1. The molecule has 2 amide bonds. The summed E-state index contributed by atoms with van der Waals surface area (Å²) in [5.74, 6) is -0.751. The molecule has 1 aromatic carbocycles. The summed E-state index contributed by atoms with van der Waals surface area (Å²) in [5, 5.41) is 7.13. The predicted octanol–water partition coefficient (Wildman–Crippen LogP) is 1.41. The summed E-state index contributed by atoms with van der Waals surface area (Å²) in [7, 11) is -3.57. The number of nitrogens with one attached hydrogen (secondary N) is 1. The molecule has 10 nitrogen and oxygen atoms in total. The molecule has 2 fully saturated rings. The average molecular weight is 476 g/mol. The fourth-order valence-corrected chi connectivity index (χ4v) is 5.68. The minimum atomic E-state index is -3.57. The molecule has 0 radical (unpaired) electrons. The van der Waals surface area contributed by atoms with Crippen LogP contribution in [0.3, 0.4) is 0 Å². The van der Waals surface area contributed by atoms with Crippen LogP contribution in [-0.4, -0.2) is 78.6 Å². The van der Waals surface area contributed by atoms with Gasteiger partial charge in [0.1, 0.15) is 5.69 Å². The molecule has 2 aromatic rings. The van der Waals surface area contributed by atoms with Crippen molar-refractivity contribution in [1.82, 2.24) is 19.0 Å². The van der Waals surface area contributed by atoms with E-state index in [2.05, 4.69) is 10.4 Å². The predicted molar refractivity (Wildman–Crippen MR) is 121 cm³/mol. The van der Waals surface area contributed by atoms with Crippen LogP contribution in [0.25, 0.3) is 0 Å². The number of aromatic nitrogens is 2. The van der Waals surface area contributed by atoms with Crippen LogP contribution < -0.4 is 5.32 Å². The first kappa shape index (κ1) is 23.4. The third kappa shape index (κ3) is 4.94. The lowest BCUT2D eigenvalue weighted by Crippen LogP contribution is -2.42. The van der Waals surface area contributed by atoms with Crippen LogP contribution in [0.2, 0.25) is 0 Å². The summed E-state index contributed by atoms with van der Waals surface area (Å²) >= 11 is 0. The molecule has 3 heterocycles. The van der Waals surface area contributed by atoms with E-state index in [0.717, 1.165) is 0 Å². The molecule has 4 rings (SSSR count). The van der Waals surface area contributed by atoms with Crippen molar-refractivity contribution in [3.05, 3.63) is 42.2 Å². The second-order valence-corrected chi connectivity index (χ2v) is 10.0. The van der Waals surface area contributed by atoms with E-state index in [1.54, 1.807) is 39.9 Å². The van der Waals surface area contributed by atoms with E-state index in [1.807, 2.05) is 6.92 Å². The van der Waals surface area contributed by atoms with Crippen molar-refractivity contribution in [3.8, 4) is 0 Å². The van der Waals surface area contributed by atoms with Crippen molar-refractivity contribution in [2.24, 2.45) is 5.92 Å². The van der Waals surface area contributed by atoms with Gasteiger partial charge >= 0.3 is 0 Å². The second kappa shape index (κ2) is 10.0. The molecule has 2 aliphatic rings. The van der Waals surface area contributed by atoms with Crippen LogP contribution in [0.5, 0.6) is 0 Å². The minimum absolute atomic E-state index is 0.184. The number of benzene rings is 1. The molecule has 1 N–H and O–H groups in total. The number of carbonyl (C=O) groups is 2. The molecule has 0 atom stereocenters. The van der Waals surface area contributed by atoms with Crippen LogP contribution in [-0.2, 0) is 26.1 Å². The molecule has 0 unspecified atom stereocenters. The minimum Gasteiger partial charge on any atom is -0.378 e. The summed E-state index contributed by atoms with van der Waals surface area (Å²) < 4.78 is 34.0. The Morgan fingerprint density at radius 1 is 1.09 bits per heavy atom. The fourth-order valence-electron chi connectivity index (χ4n) is 4.19. The first-order chi connectivity index (χ1) is 15.9. The highest BCUT2D eigenvalue weighted by molar-refractivity contribution is 7.89. The largest absolute Gasteiger partial charge is 0.378 e. The first-order valence-corrected chi connectivity index (χ1v) is 12.6. The van der Waals surface area contributed by atoms with Gasteiger partial charge in [0, 0.05) is 38.6 Å². The third-order valence-electron chi connectivity index (χ3n) is 6.10. The Kier molecular flexibility index (Phi) is 7.11. The lowest BCUT2D eigenvalue weighted by atomic mass is 9.97. The van der Waals surface area contributed by atoms with E-state index >= 15 is 0 Å². The normalized spacial score (nSPS) is 18.3. The molecular weight excluding hydrogens is 446 g/mol. The molecule has 0 saturated carbocycles. The Morgan fingerprint density at radius 2 is 1.76 bits per heavy atom. The Bertz CT molecular complexity index is 1090. The maximum absolute atomic E-state index is 13.1. The van der Waals surface area contributed by atoms with Gasteiger partial charge in [-0.05, 0) is 31.9 Å². The highest BCUT2D eigenvalue weighted by Crippen LogP contribution is 2.26. The zero-order chi connectivity index (χ0) is 23.4. The van der Waals surface area contributed by atoms with Gasteiger partial charge in [-0.15, -0.1) is 0 Å². The third-order valence-corrected chi connectivity index (χ3v) is 8.02. The summed E-state index contributed by atoms with van der Waals surface area (Å²) in [5.41, 5.74) is 0.745. The Labute approximate surface area is 193 Å². The first-order valence-electron chi connectivity index (χ1n) is 11.2. The zero-order valence-electron chi connectivity index (χ0n) is 18.6. The smallest absolute Gasteiger partial charge is 0.274 e. The van der Waals surface area contributed by atoms with Gasteiger partial charge in [0.15, 0.2) is 0 Å². The average Bonchev–Trinajstić information content (AvgIpc) is 3.27. The van der Waals surface area contributed by atoms with E-state index < -0.39 is 10.0 Å². The molecule has 0 bridgehead atoms. The molecule has 0 spiro atoms. The maximum Gasteiger partial charge on any atom is 0.274 e. The number of anilines is 1. The van der Waals surface area contributed by atoms with E-state index in [9.17, 15) is 18.0 Å². The number of amides is 2. The van der Waals surface area contributed by atoms with Gasteiger partial charge in [-0.1, -0.05) is 18.2 Å². The second-order valence-electron chi connectivity index (χ2n) is 8.11. The quantitative estimate of drug-likeness (QED) is 0.676. The molecule has 33 heavy (non-hydrogen) atoms. The lowest BCUT2D eigenvalue weighted by molar-refractivity contribution is -0.120. The van der Waals surface area contributed by atoms with E-state index in [4.69, 9.17) is 4.74 Å². The Hall–Kier alpha value is -2.76. The number of hydrogen-bond donors (Lipinski definition) is 1. The SMILES string of the molecule is CCn1ncc(NC(=O)C2CCN(S(=O)(=O)c3ccccc3)CC2)c1C(=O)N1CCOCC1. The van der Waals surface area contributed by atoms with Crippen molar-refractivity contribution < 1.29 is 22.7 Å². The van der Waals surface area contributed by atoms with Gasteiger partial charge in [0.05, 0.1) is 30.0 Å². The number of sulfonamides is 1. The Morgan fingerprint density at radius 3 is 2.39 bits per heavy atom. The standard InChI is InChI=1S/C22H29N5O5S/c1-2-27-20(22(29)25-12-14-32-15-13-25)19(16-23-27)24-21(28)17-8-10-26(11-9-17)33(30,31)18-6-4-3-5-7-18/h3-7,16-17H,2,8-15H2,1H3,(H,24,28). The van der Waals surface area contributed by atoms with Gasteiger partial charge in [-0.3, -0.25) is 14.3 Å². The zero-order valence-corrected chi connectivity index (χ0v) is 19.5. The van der Waals surface area contributed by atoms with Crippen LogP contribution in [0.15, 0.2) is 41.4 Å². The monoisotopic (exact) mass is 475 g/mol. The molecule has 1 aromatic heterocycles. The number of piperidine rings is 1. The van der Waals surface area contributed by atoms with Crippen molar-refractivity contribution >= 4 is 27.5 Å². The van der Waals surface area contributed by atoms with Crippen LogP contribution >= 0.6 is 0 Å². The molecule has 0 aliphatic carbocycles. The number of aryl methyl sites for hydroxylation is 1. The number of ether oxygens (including phenoxy) is 1. The number of carbonyl (C=O) groups excluding carboxylic acids is 2. The van der Waals surface area contributed by atoms with Crippen molar-refractivity contribution in [2.75, 3.05) is 44.7 Å². The van der Waals surface area contributed by atoms with E-state index in [0.29, 0.717) is 57.1 Å². The molecule has 2 saturated heterocycles. The summed E-state index contributed by atoms with van der Waals surface area (Å²) in [4.78, 5) is 28.0. The van der Waals surface area contributed by atoms with Gasteiger partial charge in [0.2, 0.25) is 15.9 Å².